The Morgan fingerprint density at radius 3 is 2.88 bits per heavy atom. The van der Waals surface area contributed by atoms with Gasteiger partial charge >= 0.3 is 5.91 Å². The van der Waals surface area contributed by atoms with Crippen molar-refractivity contribution in [2.75, 3.05) is 5.75 Å². The van der Waals surface area contributed by atoms with Crippen molar-refractivity contribution in [2.24, 2.45) is 11.8 Å². The van der Waals surface area contributed by atoms with Gasteiger partial charge in [-0.25, -0.2) is 5.84 Å². The lowest BCUT2D eigenvalue weighted by Gasteiger charge is -2.02. The molecule has 1 rings (SSSR count). The summed E-state index contributed by atoms with van der Waals surface area (Å²) in [5.41, 5.74) is 2.90. The zero-order valence-corrected chi connectivity index (χ0v) is 11.4. The van der Waals surface area contributed by atoms with Gasteiger partial charge in [-0.1, -0.05) is 13.8 Å². The van der Waals surface area contributed by atoms with E-state index < -0.39 is 0 Å². The van der Waals surface area contributed by atoms with E-state index in [2.05, 4.69) is 19.3 Å². The topological polar surface area (TPSA) is 68.3 Å². The van der Waals surface area contributed by atoms with Crippen LogP contribution in [0.4, 0.5) is 0 Å². The van der Waals surface area contributed by atoms with Crippen molar-refractivity contribution in [2.45, 2.75) is 32.9 Å². The molecule has 0 aliphatic heterocycles. The maximum Gasteiger partial charge on any atom is 0.301 e. The Hall–Kier alpha value is -0.940. The molecule has 0 radical (unpaired) electrons. The number of furan rings is 1. The van der Waals surface area contributed by atoms with Crippen LogP contribution >= 0.6 is 11.8 Å². The third-order valence-corrected chi connectivity index (χ3v) is 3.40. The molecule has 5 heteroatoms. The molecule has 1 heterocycles. The molecule has 0 fully saturated rings. The monoisotopic (exact) mass is 256 g/mol. The van der Waals surface area contributed by atoms with Gasteiger partial charge in [0.05, 0.1) is 5.75 Å². The molecule has 0 saturated heterocycles. The van der Waals surface area contributed by atoms with E-state index in [4.69, 9.17) is 10.3 Å². The molecule has 0 unspecified atom stereocenters. The van der Waals surface area contributed by atoms with E-state index in [0.29, 0.717) is 5.76 Å². The molecule has 17 heavy (non-hydrogen) atoms. The standard InChI is InChI=1S/C12H20N2O2S/c1-8(2)4-5-17-7-10-6-9(3)11(16-10)12(15)14-13/h6,8H,4-5,7,13H2,1-3H3,(H,14,15). The molecule has 0 aromatic carbocycles. The first-order valence-electron chi connectivity index (χ1n) is 5.72. The highest BCUT2D eigenvalue weighted by Gasteiger charge is 2.14. The summed E-state index contributed by atoms with van der Waals surface area (Å²) in [4.78, 5) is 11.3. The Morgan fingerprint density at radius 1 is 1.59 bits per heavy atom. The molecule has 0 aliphatic carbocycles. The first-order chi connectivity index (χ1) is 8.04. The minimum atomic E-state index is -0.374. The molecule has 0 atom stereocenters. The quantitative estimate of drug-likeness (QED) is 0.355. The summed E-state index contributed by atoms with van der Waals surface area (Å²) in [6.07, 6.45) is 1.19. The van der Waals surface area contributed by atoms with E-state index in [-0.39, 0.29) is 5.91 Å². The van der Waals surface area contributed by atoms with E-state index >= 15 is 0 Å². The second-order valence-electron chi connectivity index (χ2n) is 4.43. The maximum atomic E-state index is 11.3. The molecule has 0 saturated carbocycles. The van der Waals surface area contributed by atoms with Crippen LogP contribution in [0.3, 0.4) is 0 Å². The van der Waals surface area contributed by atoms with Crippen molar-refractivity contribution in [1.82, 2.24) is 5.43 Å². The third kappa shape index (κ3) is 4.44. The largest absolute Gasteiger partial charge is 0.455 e. The number of hydrogen-bond donors (Lipinski definition) is 2. The summed E-state index contributed by atoms with van der Waals surface area (Å²) in [6, 6.07) is 1.90. The van der Waals surface area contributed by atoms with Gasteiger partial charge in [0.25, 0.3) is 0 Å². The molecular formula is C12H20N2O2S. The lowest BCUT2D eigenvalue weighted by Crippen LogP contribution is -2.30. The fourth-order valence-electron chi connectivity index (χ4n) is 1.40. The summed E-state index contributed by atoms with van der Waals surface area (Å²) in [5.74, 6) is 8.46. The first kappa shape index (κ1) is 14.1. The van der Waals surface area contributed by atoms with E-state index in [0.717, 1.165) is 28.7 Å². The number of hydrogen-bond acceptors (Lipinski definition) is 4. The number of aryl methyl sites for hydroxylation is 1. The summed E-state index contributed by atoms with van der Waals surface area (Å²) < 4.78 is 5.46. The molecule has 0 spiro atoms. The van der Waals surface area contributed by atoms with Gasteiger partial charge in [0.2, 0.25) is 0 Å². The molecule has 3 N–H and O–H groups in total. The van der Waals surface area contributed by atoms with Crippen LogP contribution in [0.2, 0.25) is 0 Å². The third-order valence-electron chi connectivity index (χ3n) is 2.39. The number of amides is 1. The Kier molecular flexibility index (Phi) is 5.58. The zero-order chi connectivity index (χ0) is 12.8. The number of nitrogen functional groups attached to an aromatic ring is 1. The minimum absolute atomic E-state index is 0.312. The highest BCUT2D eigenvalue weighted by atomic mass is 32.2. The summed E-state index contributed by atoms with van der Waals surface area (Å²) >= 11 is 1.82. The lowest BCUT2D eigenvalue weighted by molar-refractivity contribution is 0.0923. The van der Waals surface area contributed by atoms with E-state index in [1.54, 1.807) is 0 Å². The minimum Gasteiger partial charge on any atom is -0.455 e. The van der Waals surface area contributed by atoms with Crippen LogP contribution in [0.1, 0.15) is 42.1 Å². The number of carbonyl (C=O) groups is 1. The number of carbonyl (C=O) groups excluding carboxylic acids is 1. The van der Waals surface area contributed by atoms with Gasteiger partial charge < -0.3 is 4.42 Å². The highest BCUT2D eigenvalue weighted by Crippen LogP contribution is 2.20. The zero-order valence-electron chi connectivity index (χ0n) is 10.6. The van der Waals surface area contributed by atoms with Crippen molar-refractivity contribution in [3.63, 3.8) is 0 Å². The molecule has 1 aromatic heterocycles. The molecule has 4 nitrogen and oxygen atoms in total. The van der Waals surface area contributed by atoms with Gasteiger partial charge in [-0.15, -0.1) is 0 Å². The van der Waals surface area contributed by atoms with Crippen molar-refractivity contribution in [3.8, 4) is 0 Å². The Morgan fingerprint density at radius 2 is 2.29 bits per heavy atom. The van der Waals surface area contributed by atoms with Gasteiger partial charge in [0, 0.05) is 5.56 Å². The van der Waals surface area contributed by atoms with Crippen molar-refractivity contribution in [3.05, 3.63) is 23.2 Å². The molecule has 1 aromatic rings. The van der Waals surface area contributed by atoms with Crippen molar-refractivity contribution < 1.29 is 9.21 Å². The van der Waals surface area contributed by atoms with Gasteiger partial charge in [-0.3, -0.25) is 10.2 Å². The number of hydrazine groups is 1. The Bertz CT molecular complexity index is 375. The number of rotatable bonds is 6. The predicted molar refractivity (Wildman–Crippen MR) is 70.7 cm³/mol. The van der Waals surface area contributed by atoms with E-state index in [9.17, 15) is 4.79 Å². The molecule has 0 aliphatic rings. The number of thioether (sulfide) groups is 1. The van der Waals surface area contributed by atoms with Crippen LogP contribution in [0.25, 0.3) is 0 Å². The highest BCUT2D eigenvalue weighted by molar-refractivity contribution is 7.98. The Labute approximate surface area is 106 Å². The number of nitrogens with two attached hydrogens (primary N) is 1. The smallest absolute Gasteiger partial charge is 0.301 e. The van der Waals surface area contributed by atoms with Gasteiger partial charge in [-0.2, -0.15) is 11.8 Å². The average molecular weight is 256 g/mol. The second-order valence-corrected chi connectivity index (χ2v) is 5.54. The van der Waals surface area contributed by atoms with E-state index in [1.807, 2.05) is 24.8 Å². The SMILES string of the molecule is Cc1cc(CSCCC(C)C)oc1C(=O)NN. The van der Waals surface area contributed by atoms with Crippen LogP contribution in [0, 0.1) is 12.8 Å². The molecule has 0 bridgehead atoms. The summed E-state index contributed by atoms with van der Waals surface area (Å²) in [7, 11) is 0. The second kappa shape index (κ2) is 6.71. The predicted octanol–water partition coefficient (Wildman–Crippen LogP) is 2.47. The van der Waals surface area contributed by atoms with Crippen LogP contribution in [0.15, 0.2) is 10.5 Å². The van der Waals surface area contributed by atoms with Gasteiger partial charge in [0.1, 0.15) is 5.76 Å². The van der Waals surface area contributed by atoms with Crippen LogP contribution < -0.4 is 11.3 Å². The van der Waals surface area contributed by atoms with E-state index in [1.165, 1.54) is 6.42 Å². The molecular weight excluding hydrogens is 236 g/mol. The van der Waals surface area contributed by atoms with Gasteiger partial charge in [-0.05, 0) is 31.1 Å². The fourth-order valence-corrected chi connectivity index (χ4v) is 2.53. The van der Waals surface area contributed by atoms with Crippen molar-refractivity contribution in [1.29, 1.82) is 0 Å². The average Bonchev–Trinajstić information content (AvgIpc) is 2.65. The normalized spacial score (nSPS) is 10.9. The summed E-state index contributed by atoms with van der Waals surface area (Å²) in [5, 5.41) is 0. The van der Waals surface area contributed by atoms with Crippen molar-refractivity contribution >= 4 is 17.7 Å². The number of nitrogens with one attached hydrogen (secondary N) is 1. The lowest BCUT2D eigenvalue weighted by atomic mass is 10.2. The maximum absolute atomic E-state index is 11.3. The fraction of sp³-hybridized carbons (Fsp3) is 0.583. The molecule has 96 valence electrons. The van der Waals surface area contributed by atoms with Crippen LogP contribution in [-0.2, 0) is 5.75 Å². The van der Waals surface area contributed by atoms with Crippen LogP contribution in [-0.4, -0.2) is 11.7 Å². The first-order valence-corrected chi connectivity index (χ1v) is 6.88. The summed E-state index contributed by atoms with van der Waals surface area (Å²) in [6.45, 7) is 6.26. The Balaban J connectivity index is 2.47. The van der Waals surface area contributed by atoms with Gasteiger partial charge in [0.15, 0.2) is 5.76 Å². The van der Waals surface area contributed by atoms with Crippen LogP contribution in [0.5, 0.6) is 0 Å². The molecule has 1 amide bonds.